The van der Waals surface area contributed by atoms with Crippen LogP contribution < -0.4 is 10.1 Å². The maximum Gasteiger partial charge on any atom is 0.123 e. The number of quaternary nitrogens is 1. The predicted molar refractivity (Wildman–Crippen MR) is 91.2 cm³/mol. The summed E-state index contributed by atoms with van der Waals surface area (Å²) in [5.41, 5.74) is 3.06. The van der Waals surface area contributed by atoms with Crippen LogP contribution in [0.25, 0.3) is 0 Å². The van der Waals surface area contributed by atoms with Crippen LogP contribution in [0.5, 0.6) is 5.75 Å². The second-order valence-corrected chi connectivity index (χ2v) is 8.16. The monoisotopic (exact) mass is 292 g/mol. The van der Waals surface area contributed by atoms with Crippen LogP contribution in [0.1, 0.15) is 65.5 Å². The number of benzene rings is 1. The summed E-state index contributed by atoms with van der Waals surface area (Å²) in [4.78, 5) is 0. The Morgan fingerprint density at radius 2 is 1.67 bits per heavy atom. The quantitative estimate of drug-likeness (QED) is 0.793. The molecule has 0 aliphatic rings. The zero-order chi connectivity index (χ0) is 16.1. The summed E-state index contributed by atoms with van der Waals surface area (Å²) in [6.45, 7) is 17.6. The van der Waals surface area contributed by atoms with Crippen molar-refractivity contribution in [1.82, 2.24) is 0 Å². The topological polar surface area (TPSA) is 25.8 Å². The summed E-state index contributed by atoms with van der Waals surface area (Å²) in [5, 5.41) is 2.40. The fourth-order valence-electron chi connectivity index (χ4n) is 2.32. The molecule has 0 fully saturated rings. The lowest BCUT2D eigenvalue weighted by molar-refractivity contribution is -0.717. The molecule has 0 saturated carbocycles. The van der Waals surface area contributed by atoms with Crippen molar-refractivity contribution in [2.45, 2.75) is 72.3 Å². The van der Waals surface area contributed by atoms with Crippen molar-refractivity contribution in [2.24, 2.45) is 0 Å². The van der Waals surface area contributed by atoms with Gasteiger partial charge in [-0.2, -0.15) is 0 Å². The number of hydrogen-bond donors (Lipinski definition) is 1. The van der Waals surface area contributed by atoms with E-state index in [0.29, 0.717) is 5.54 Å². The molecule has 120 valence electrons. The van der Waals surface area contributed by atoms with Gasteiger partial charge >= 0.3 is 0 Å². The van der Waals surface area contributed by atoms with E-state index in [1.165, 1.54) is 24.1 Å². The van der Waals surface area contributed by atoms with Crippen LogP contribution in [-0.4, -0.2) is 18.7 Å². The number of rotatable bonds is 6. The van der Waals surface area contributed by atoms with Crippen molar-refractivity contribution >= 4 is 0 Å². The maximum absolute atomic E-state index is 6.04. The van der Waals surface area contributed by atoms with Gasteiger partial charge in [0.1, 0.15) is 5.75 Å². The number of nitrogens with two attached hydrogens (primary N) is 1. The van der Waals surface area contributed by atoms with Gasteiger partial charge in [-0.3, -0.25) is 0 Å². The van der Waals surface area contributed by atoms with Gasteiger partial charge < -0.3 is 10.1 Å². The molecule has 0 unspecified atom stereocenters. The standard InChI is InChI=1S/C19H33NO/c1-15-10-11-17(16(14-15)18(2,3)4)21-13-9-8-12-20-19(5,6)7/h10-11,14,20H,8-9,12-13H2,1-7H3/p+1. The Balaban J connectivity index is 2.46. The molecule has 0 atom stereocenters. The Kier molecular flexibility index (Phi) is 6.27. The van der Waals surface area contributed by atoms with E-state index in [-0.39, 0.29) is 5.41 Å². The molecule has 0 aromatic heterocycles. The van der Waals surface area contributed by atoms with E-state index in [1.54, 1.807) is 0 Å². The molecule has 0 bridgehead atoms. The average Bonchev–Trinajstić information content (AvgIpc) is 2.32. The highest BCUT2D eigenvalue weighted by Crippen LogP contribution is 2.32. The minimum Gasteiger partial charge on any atom is -0.493 e. The fourth-order valence-corrected chi connectivity index (χ4v) is 2.32. The first kappa shape index (κ1) is 18.0. The van der Waals surface area contributed by atoms with Crippen LogP contribution >= 0.6 is 0 Å². The van der Waals surface area contributed by atoms with Crippen molar-refractivity contribution in [3.63, 3.8) is 0 Å². The van der Waals surface area contributed by atoms with Crippen molar-refractivity contribution < 1.29 is 10.1 Å². The lowest BCUT2D eigenvalue weighted by atomic mass is 9.85. The van der Waals surface area contributed by atoms with Crippen LogP contribution in [0, 0.1) is 6.92 Å². The van der Waals surface area contributed by atoms with Gasteiger partial charge in [-0.05, 0) is 57.6 Å². The minimum absolute atomic E-state index is 0.126. The van der Waals surface area contributed by atoms with Gasteiger partial charge in [0, 0.05) is 0 Å². The molecule has 1 aromatic carbocycles. The van der Waals surface area contributed by atoms with Gasteiger partial charge in [0.05, 0.1) is 18.7 Å². The maximum atomic E-state index is 6.04. The van der Waals surface area contributed by atoms with Crippen LogP contribution in [-0.2, 0) is 5.41 Å². The van der Waals surface area contributed by atoms with E-state index in [0.717, 1.165) is 18.8 Å². The molecule has 0 heterocycles. The molecule has 0 aliphatic carbocycles. The van der Waals surface area contributed by atoms with Gasteiger partial charge in [0.25, 0.3) is 0 Å². The molecule has 2 nitrogen and oxygen atoms in total. The number of unbranched alkanes of at least 4 members (excludes halogenated alkanes) is 1. The molecule has 0 saturated heterocycles. The molecule has 0 aliphatic heterocycles. The Morgan fingerprint density at radius 1 is 1.00 bits per heavy atom. The molecule has 1 rings (SSSR count). The third-order valence-corrected chi connectivity index (χ3v) is 3.56. The second kappa shape index (κ2) is 7.31. The summed E-state index contributed by atoms with van der Waals surface area (Å²) >= 11 is 0. The van der Waals surface area contributed by atoms with Crippen molar-refractivity contribution in [3.05, 3.63) is 29.3 Å². The molecule has 0 spiro atoms. The zero-order valence-corrected chi connectivity index (χ0v) is 15.0. The summed E-state index contributed by atoms with van der Waals surface area (Å²) in [7, 11) is 0. The molecule has 21 heavy (non-hydrogen) atoms. The molecular formula is C19H34NO+. The van der Waals surface area contributed by atoms with E-state index < -0.39 is 0 Å². The molecule has 0 amide bonds. The normalized spacial score (nSPS) is 12.5. The smallest absolute Gasteiger partial charge is 0.123 e. The Bertz CT molecular complexity index is 438. The van der Waals surface area contributed by atoms with Gasteiger partial charge in [-0.15, -0.1) is 0 Å². The molecular weight excluding hydrogens is 258 g/mol. The number of ether oxygens (including phenoxy) is 1. The van der Waals surface area contributed by atoms with E-state index in [2.05, 4.69) is 72.0 Å². The van der Waals surface area contributed by atoms with Crippen molar-refractivity contribution in [3.8, 4) is 5.75 Å². The van der Waals surface area contributed by atoms with Crippen molar-refractivity contribution in [2.75, 3.05) is 13.2 Å². The van der Waals surface area contributed by atoms with Crippen LogP contribution in [0.2, 0.25) is 0 Å². The van der Waals surface area contributed by atoms with E-state index in [4.69, 9.17) is 4.74 Å². The summed E-state index contributed by atoms with van der Waals surface area (Å²) in [5.74, 6) is 1.05. The molecule has 1 aromatic rings. The summed E-state index contributed by atoms with van der Waals surface area (Å²) < 4.78 is 6.04. The largest absolute Gasteiger partial charge is 0.493 e. The van der Waals surface area contributed by atoms with Crippen molar-refractivity contribution in [1.29, 1.82) is 0 Å². The minimum atomic E-state index is 0.126. The first-order chi connectivity index (χ1) is 9.59. The lowest BCUT2D eigenvalue weighted by Gasteiger charge is -2.23. The van der Waals surface area contributed by atoms with Crippen LogP contribution in [0.4, 0.5) is 0 Å². The molecule has 2 heteroatoms. The van der Waals surface area contributed by atoms with Gasteiger partial charge in [0.15, 0.2) is 0 Å². The first-order valence-electron chi connectivity index (χ1n) is 8.18. The predicted octanol–water partition coefficient (Wildman–Crippen LogP) is 3.81. The Hall–Kier alpha value is -1.02. The Morgan fingerprint density at radius 3 is 2.24 bits per heavy atom. The lowest BCUT2D eigenvalue weighted by Crippen LogP contribution is -2.94. The van der Waals surface area contributed by atoms with Gasteiger partial charge in [0.2, 0.25) is 0 Å². The number of aryl methyl sites for hydroxylation is 1. The van der Waals surface area contributed by atoms with Gasteiger partial charge in [-0.1, -0.05) is 38.5 Å². The fraction of sp³-hybridized carbons (Fsp3) is 0.684. The third kappa shape index (κ3) is 6.99. The Labute approximate surface area is 131 Å². The third-order valence-electron chi connectivity index (χ3n) is 3.56. The molecule has 0 radical (unpaired) electrons. The van der Waals surface area contributed by atoms with E-state index in [1.807, 2.05) is 0 Å². The van der Waals surface area contributed by atoms with E-state index >= 15 is 0 Å². The highest BCUT2D eigenvalue weighted by Gasteiger charge is 2.19. The summed E-state index contributed by atoms with van der Waals surface area (Å²) in [6.07, 6.45) is 2.32. The number of hydrogen-bond acceptors (Lipinski definition) is 1. The summed E-state index contributed by atoms with van der Waals surface area (Å²) in [6, 6.07) is 6.51. The van der Waals surface area contributed by atoms with Crippen LogP contribution in [0.15, 0.2) is 18.2 Å². The molecule has 2 N–H and O–H groups in total. The first-order valence-corrected chi connectivity index (χ1v) is 8.18. The highest BCUT2D eigenvalue weighted by atomic mass is 16.5. The van der Waals surface area contributed by atoms with E-state index in [9.17, 15) is 0 Å². The zero-order valence-electron chi connectivity index (χ0n) is 15.0. The SMILES string of the molecule is Cc1ccc(OCCCC[NH2+]C(C)(C)C)c(C(C)(C)C)c1. The average molecular weight is 292 g/mol. The highest BCUT2D eigenvalue weighted by molar-refractivity contribution is 5.41. The van der Waals surface area contributed by atoms with Crippen LogP contribution in [0.3, 0.4) is 0 Å². The second-order valence-electron chi connectivity index (χ2n) is 8.16. The van der Waals surface area contributed by atoms with Gasteiger partial charge in [-0.25, -0.2) is 0 Å².